The van der Waals surface area contributed by atoms with Crippen LogP contribution in [0.5, 0.6) is 0 Å². The summed E-state index contributed by atoms with van der Waals surface area (Å²) in [6.45, 7) is 7.25. The average Bonchev–Trinajstić information content (AvgIpc) is 2.10. The minimum absolute atomic E-state index is 1.10. The molecule has 0 saturated carbocycles. The summed E-state index contributed by atoms with van der Waals surface area (Å²) in [5.74, 6) is 0. The van der Waals surface area contributed by atoms with Crippen LogP contribution in [0.15, 0.2) is 37.5 Å². The van der Waals surface area contributed by atoms with E-state index in [-0.39, 0.29) is 0 Å². The summed E-state index contributed by atoms with van der Waals surface area (Å²) in [5.41, 5.74) is 0. The van der Waals surface area contributed by atoms with Gasteiger partial charge in [-0.1, -0.05) is 24.3 Å². The second kappa shape index (κ2) is 10.2. The van der Waals surface area contributed by atoms with Gasteiger partial charge in [-0.05, 0) is 38.5 Å². The zero-order valence-electron chi connectivity index (χ0n) is 7.71. The summed E-state index contributed by atoms with van der Waals surface area (Å²) in [5, 5.41) is 0. The van der Waals surface area contributed by atoms with Crippen molar-refractivity contribution in [1.29, 1.82) is 0 Å². The van der Waals surface area contributed by atoms with Crippen LogP contribution >= 0.6 is 0 Å². The quantitative estimate of drug-likeness (QED) is 0.375. The van der Waals surface area contributed by atoms with Gasteiger partial charge >= 0.3 is 0 Å². The van der Waals surface area contributed by atoms with Gasteiger partial charge in [-0.15, -0.1) is 13.2 Å². The molecule has 0 aromatic carbocycles. The highest BCUT2D eigenvalue weighted by atomic mass is 13.9. The summed E-state index contributed by atoms with van der Waals surface area (Å²) in [6.07, 6.45) is 16.8. The van der Waals surface area contributed by atoms with Gasteiger partial charge < -0.3 is 0 Å². The third-order valence-corrected chi connectivity index (χ3v) is 1.50. The second-order valence-electron chi connectivity index (χ2n) is 2.57. The molecule has 66 valence electrons. The van der Waals surface area contributed by atoms with Crippen molar-refractivity contribution in [2.75, 3.05) is 0 Å². The van der Waals surface area contributed by atoms with Crippen molar-refractivity contribution in [2.45, 2.75) is 25.7 Å². The molecule has 0 aliphatic rings. The van der Waals surface area contributed by atoms with Gasteiger partial charge in [0.2, 0.25) is 0 Å². The topological polar surface area (TPSA) is 0 Å². The first kappa shape index (κ1) is 11.2. The van der Waals surface area contributed by atoms with E-state index in [1.165, 1.54) is 0 Å². The molecular weight excluding hydrogens is 144 g/mol. The van der Waals surface area contributed by atoms with E-state index in [9.17, 15) is 0 Å². The monoisotopic (exact) mass is 162 g/mol. The third kappa shape index (κ3) is 9.22. The lowest BCUT2D eigenvalue weighted by atomic mass is 10.2. The Hall–Kier alpha value is -0.780. The lowest BCUT2D eigenvalue weighted by Gasteiger charge is -1.90. The molecule has 0 aliphatic heterocycles. The molecule has 0 amide bonds. The summed E-state index contributed by atoms with van der Waals surface area (Å²) in [4.78, 5) is 0. The fourth-order valence-corrected chi connectivity index (χ4v) is 0.856. The number of rotatable bonds is 8. The van der Waals surface area contributed by atoms with Crippen LogP contribution in [0.4, 0.5) is 0 Å². The van der Waals surface area contributed by atoms with Gasteiger partial charge in [0.15, 0.2) is 0 Å². The average molecular weight is 162 g/mol. The molecule has 0 aromatic rings. The Morgan fingerprint density at radius 1 is 0.667 bits per heavy atom. The van der Waals surface area contributed by atoms with Crippen LogP contribution in [-0.2, 0) is 0 Å². The molecule has 0 fully saturated rings. The van der Waals surface area contributed by atoms with E-state index in [2.05, 4.69) is 38.2 Å². The van der Waals surface area contributed by atoms with Crippen LogP contribution in [0, 0.1) is 12.8 Å². The molecule has 0 saturated heterocycles. The SMILES string of the molecule is C=C[CH]CCC=CCC[CH]C=C. The number of hydrogen-bond donors (Lipinski definition) is 0. The Kier molecular flexibility index (Phi) is 9.56. The minimum Gasteiger partial charge on any atom is -0.103 e. The molecule has 0 rings (SSSR count). The number of unbranched alkanes of at least 4 members (excludes halogenated alkanes) is 4. The minimum atomic E-state index is 1.10. The second-order valence-corrected chi connectivity index (χ2v) is 2.57. The molecule has 0 aliphatic carbocycles. The standard InChI is InChI=1S/C12H18/c1-3-5-7-9-11-12-10-8-6-4-2/h3-6,11-12H,1-2,7-10H2. The molecule has 0 atom stereocenters. The lowest BCUT2D eigenvalue weighted by molar-refractivity contribution is 0.963. The fourth-order valence-electron chi connectivity index (χ4n) is 0.856. The van der Waals surface area contributed by atoms with Gasteiger partial charge in [0.1, 0.15) is 0 Å². The fraction of sp³-hybridized carbons (Fsp3) is 0.333. The van der Waals surface area contributed by atoms with E-state index in [0.29, 0.717) is 0 Å². The first-order valence-corrected chi connectivity index (χ1v) is 4.45. The van der Waals surface area contributed by atoms with Crippen LogP contribution in [0.25, 0.3) is 0 Å². The molecule has 0 spiro atoms. The van der Waals surface area contributed by atoms with E-state index in [0.717, 1.165) is 25.7 Å². The van der Waals surface area contributed by atoms with Gasteiger partial charge in [-0.2, -0.15) is 0 Å². The predicted octanol–water partition coefficient (Wildman–Crippen LogP) is 3.88. The summed E-state index contributed by atoms with van der Waals surface area (Å²) in [7, 11) is 0. The Balaban J connectivity index is 3.02. The largest absolute Gasteiger partial charge is 0.103 e. The van der Waals surface area contributed by atoms with Gasteiger partial charge in [-0.25, -0.2) is 0 Å². The van der Waals surface area contributed by atoms with E-state index >= 15 is 0 Å². The van der Waals surface area contributed by atoms with Crippen molar-refractivity contribution in [3.05, 3.63) is 50.3 Å². The molecule has 0 aromatic heterocycles. The van der Waals surface area contributed by atoms with Crippen molar-refractivity contribution in [3.8, 4) is 0 Å². The highest BCUT2D eigenvalue weighted by molar-refractivity contribution is 4.93. The van der Waals surface area contributed by atoms with Gasteiger partial charge in [0.25, 0.3) is 0 Å². The normalized spacial score (nSPS) is 10.3. The highest BCUT2D eigenvalue weighted by Gasteiger charge is 1.81. The number of hydrogen-bond acceptors (Lipinski definition) is 0. The van der Waals surface area contributed by atoms with E-state index < -0.39 is 0 Å². The van der Waals surface area contributed by atoms with Gasteiger partial charge in [0.05, 0.1) is 0 Å². The molecule has 0 nitrogen and oxygen atoms in total. The van der Waals surface area contributed by atoms with Crippen molar-refractivity contribution in [3.63, 3.8) is 0 Å². The molecule has 0 unspecified atom stereocenters. The smallest absolute Gasteiger partial charge is 0.0170 e. The van der Waals surface area contributed by atoms with Crippen LogP contribution < -0.4 is 0 Å². The molecule has 0 N–H and O–H groups in total. The van der Waals surface area contributed by atoms with Gasteiger partial charge in [0, 0.05) is 0 Å². The van der Waals surface area contributed by atoms with Crippen LogP contribution in [-0.4, -0.2) is 0 Å². The van der Waals surface area contributed by atoms with Crippen molar-refractivity contribution in [2.24, 2.45) is 0 Å². The van der Waals surface area contributed by atoms with Crippen LogP contribution in [0.3, 0.4) is 0 Å². The zero-order valence-corrected chi connectivity index (χ0v) is 7.71. The lowest BCUT2D eigenvalue weighted by Crippen LogP contribution is -1.71. The molecular formula is C12H18. The van der Waals surface area contributed by atoms with E-state index in [1.807, 2.05) is 12.2 Å². The Morgan fingerprint density at radius 2 is 1.08 bits per heavy atom. The molecule has 0 heterocycles. The van der Waals surface area contributed by atoms with E-state index in [1.54, 1.807) is 0 Å². The summed E-state index contributed by atoms with van der Waals surface area (Å²) in [6, 6.07) is 0. The maximum Gasteiger partial charge on any atom is -0.0170 e. The molecule has 2 radical (unpaired) electrons. The predicted molar refractivity (Wildman–Crippen MR) is 56.6 cm³/mol. The van der Waals surface area contributed by atoms with Crippen molar-refractivity contribution in [1.82, 2.24) is 0 Å². The van der Waals surface area contributed by atoms with Crippen molar-refractivity contribution < 1.29 is 0 Å². The number of allylic oxidation sites excluding steroid dienone is 4. The zero-order chi connectivity index (χ0) is 9.07. The van der Waals surface area contributed by atoms with Crippen LogP contribution in [0.2, 0.25) is 0 Å². The van der Waals surface area contributed by atoms with Crippen LogP contribution in [0.1, 0.15) is 25.7 Å². The first-order chi connectivity index (χ1) is 5.91. The summed E-state index contributed by atoms with van der Waals surface area (Å²) < 4.78 is 0. The summed E-state index contributed by atoms with van der Waals surface area (Å²) >= 11 is 0. The van der Waals surface area contributed by atoms with Gasteiger partial charge in [-0.3, -0.25) is 0 Å². The Labute approximate surface area is 76.7 Å². The maximum absolute atomic E-state index is 3.62. The third-order valence-electron chi connectivity index (χ3n) is 1.50. The molecule has 0 heteroatoms. The Morgan fingerprint density at radius 3 is 1.42 bits per heavy atom. The molecule has 0 bridgehead atoms. The van der Waals surface area contributed by atoms with E-state index in [4.69, 9.17) is 0 Å². The highest BCUT2D eigenvalue weighted by Crippen LogP contribution is 1.99. The molecule has 12 heavy (non-hydrogen) atoms. The van der Waals surface area contributed by atoms with Crippen molar-refractivity contribution >= 4 is 0 Å². The maximum atomic E-state index is 3.62. The Bertz CT molecular complexity index is 115. The first-order valence-electron chi connectivity index (χ1n) is 4.45.